The molecule has 3 nitrogen and oxygen atoms in total. The maximum Gasteiger partial charge on any atom is 0.0703 e. The van der Waals surface area contributed by atoms with Gasteiger partial charge in [-0.3, -0.25) is 4.98 Å². The lowest BCUT2D eigenvalue weighted by Gasteiger charge is -2.36. The van der Waals surface area contributed by atoms with E-state index in [2.05, 4.69) is 36.3 Å². The maximum atomic E-state index is 5.75. The van der Waals surface area contributed by atoms with E-state index in [1.807, 2.05) is 24.4 Å². The van der Waals surface area contributed by atoms with E-state index in [-0.39, 0.29) is 5.60 Å². The van der Waals surface area contributed by atoms with Gasteiger partial charge < -0.3 is 10.1 Å². The van der Waals surface area contributed by atoms with E-state index in [9.17, 15) is 0 Å². The van der Waals surface area contributed by atoms with E-state index >= 15 is 0 Å². The third kappa shape index (κ3) is 2.87. The Balaban J connectivity index is 1.77. The molecule has 1 fully saturated rings. The molecule has 0 saturated carbocycles. The molecule has 1 unspecified atom stereocenters. The van der Waals surface area contributed by atoms with Gasteiger partial charge in [0.05, 0.1) is 23.0 Å². The number of nitrogens with one attached hydrogen (secondary N) is 1. The minimum atomic E-state index is -0.0276. The van der Waals surface area contributed by atoms with Crippen LogP contribution in [-0.4, -0.2) is 23.2 Å². The van der Waals surface area contributed by atoms with E-state index in [1.165, 1.54) is 5.39 Å². The van der Waals surface area contributed by atoms with Crippen molar-refractivity contribution in [3.63, 3.8) is 0 Å². The van der Waals surface area contributed by atoms with Gasteiger partial charge in [-0.15, -0.1) is 0 Å². The van der Waals surface area contributed by atoms with Crippen molar-refractivity contribution in [2.75, 3.05) is 11.9 Å². The smallest absolute Gasteiger partial charge is 0.0703 e. The Bertz CT molecular complexity index is 580. The first-order valence-corrected chi connectivity index (χ1v) is 6.88. The predicted octanol–water partition coefficient (Wildman–Crippen LogP) is 3.60. The van der Waals surface area contributed by atoms with Gasteiger partial charge in [0.2, 0.25) is 0 Å². The Labute approximate surface area is 114 Å². The molecule has 3 rings (SSSR count). The van der Waals surface area contributed by atoms with Crippen molar-refractivity contribution in [3.05, 3.63) is 36.5 Å². The highest BCUT2D eigenvalue weighted by Gasteiger charge is 2.28. The molecule has 3 heteroatoms. The number of pyridine rings is 1. The van der Waals surface area contributed by atoms with Gasteiger partial charge in [0.25, 0.3) is 0 Å². The van der Waals surface area contributed by atoms with Crippen LogP contribution >= 0.6 is 0 Å². The van der Waals surface area contributed by atoms with Crippen LogP contribution in [0, 0.1) is 0 Å². The Hall–Kier alpha value is -1.61. The Morgan fingerprint density at radius 3 is 3.00 bits per heavy atom. The van der Waals surface area contributed by atoms with E-state index in [0.717, 1.165) is 30.7 Å². The summed E-state index contributed by atoms with van der Waals surface area (Å²) in [6.45, 7) is 5.13. The standard InChI is InChI=1S/C16H20N2O/c1-16(2)10-13(7-8-19-16)18-14-9-12-5-3-4-6-15(12)17-11-14/h3-6,9,11,13,18H,7-8,10H2,1-2H3. The molecule has 0 aliphatic carbocycles. The summed E-state index contributed by atoms with van der Waals surface area (Å²) in [5.74, 6) is 0. The first kappa shape index (κ1) is 12.4. The first-order chi connectivity index (χ1) is 9.12. The van der Waals surface area contributed by atoms with Crippen LogP contribution in [-0.2, 0) is 4.74 Å². The van der Waals surface area contributed by atoms with E-state index < -0.39 is 0 Å². The minimum Gasteiger partial charge on any atom is -0.381 e. The highest BCUT2D eigenvalue weighted by atomic mass is 16.5. The van der Waals surface area contributed by atoms with Gasteiger partial charge in [0.1, 0.15) is 0 Å². The molecule has 2 aromatic rings. The van der Waals surface area contributed by atoms with Crippen LogP contribution in [0.15, 0.2) is 36.5 Å². The summed E-state index contributed by atoms with van der Waals surface area (Å²) in [6, 6.07) is 10.8. The summed E-state index contributed by atoms with van der Waals surface area (Å²) in [6.07, 6.45) is 4.00. The lowest BCUT2D eigenvalue weighted by Crippen LogP contribution is -2.40. The topological polar surface area (TPSA) is 34.2 Å². The number of hydrogen-bond donors (Lipinski definition) is 1. The van der Waals surface area contributed by atoms with Crippen molar-refractivity contribution in [2.45, 2.75) is 38.3 Å². The summed E-state index contributed by atoms with van der Waals surface area (Å²) in [5.41, 5.74) is 2.11. The highest BCUT2D eigenvalue weighted by molar-refractivity contribution is 5.81. The summed E-state index contributed by atoms with van der Waals surface area (Å²) >= 11 is 0. The number of ether oxygens (including phenoxy) is 1. The summed E-state index contributed by atoms with van der Waals surface area (Å²) in [7, 11) is 0. The second kappa shape index (κ2) is 4.82. The molecule has 1 saturated heterocycles. The minimum absolute atomic E-state index is 0.0276. The summed E-state index contributed by atoms with van der Waals surface area (Å²) < 4.78 is 5.75. The molecular weight excluding hydrogens is 236 g/mol. The predicted molar refractivity (Wildman–Crippen MR) is 78.4 cm³/mol. The van der Waals surface area contributed by atoms with Gasteiger partial charge in [-0.2, -0.15) is 0 Å². The molecule has 0 spiro atoms. The molecule has 1 aliphatic rings. The van der Waals surface area contributed by atoms with E-state index in [4.69, 9.17) is 4.74 Å². The van der Waals surface area contributed by atoms with Crippen molar-refractivity contribution in [1.29, 1.82) is 0 Å². The van der Waals surface area contributed by atoms with Crippen LogP contribution in [0.4, 0.5) is 5.69 Å². The molecule has 1 atom stereocenters. The van der Waals surface area contributed by atoms with E-state index in [0.29, 0.717) is 6.04 Å². The molecular formula is C16H20N2O. The van der Waals surface area contributed by atoms with Crippen LogP contribution in [0.25, 0.3) is 10.9 Å². The highest BCUT2D eigenvalue weighted by Crippen LogP contribution is 2.27. The van der Waals surface area contributed by atoms with Gasteiger partial charge >= 0.3 is 0 Å². The molecule has 100 valence electrons. The van der Waals surface area contributed by atoms with Gasteiger partial charge in [-0.1, -0.05) is 18.2 Å². The first-order valence-electron chi connectivity index (χ1n) is 6.88. The average molecular weight is 256 g/mol. The molecule has 1 aliphatic heterocycles. The van der Waals surface area contributed by atoms with Crippen LogP contribution in [0.2, 0.25) is 0 Å². The molecule has 0 bridgehead atoms. The van der Waals surface area contributed by atoms with Crippen LogP contribution in [0.5, 0.6) is 0 Å². The molecule has 1 N–H and O–H groups in total. The van der Waals surface area contributed by atoms with Crippen LogP contribution in [0.1, 0.15) is 26.7 Å². The molecule has 1 aromatic carbocycles. The lowest BCUT2D eigenvalue weighted by atomic mass is 9.94. The number of fused-ring (bicyclic) bond motifs is 1. The fourth-order valence-corrected chi connectivity index (χ4v) is 2.74. The third-order valence-corrected chi connectivity index (χ3v) is 3.66. The van der Waals surface area contributed by atoms with Gasteiger partial charge in [-0.05, 0) is 38.8 Å². The normalized spacial score (nSPS) is 22.3. The molecule has 2 heterocycles. The molecule has 0 radical (unpaired) electrons. The fraction of sp³-hybridized carbons (Fsp3) is 0.438. The zero-order chi connectivity index (χ0) is 13.3. The second-order valence-corrected chi connectivity index (χ2v) is 5.86. The maximum absolute atomic E-state index is 5.75. The number of aromatic nitrogens is 1. The van der Waals surface area contributed by atoms with Crippen LogP contribution < -0.4 is 5.32 Å². The fourth-order valence-electron chi connectivity index (χ4n) is 2.74. The molecule has 19 heavy (non-hydrogen) atoms. The number of anilines is 1. The Morgan fingerprint density at radius 1 is 1.32 bits per heavy atom. The SMILES string of the molecule is CC1(C)CC(Nc2cnc3ccccc3c2)CCO1. The summed E-state index contributed by atoms with van der Waals surface area (Å²) in [5, 5.41) is 4.77. The number of nitrogens with zero attached hydrogens (tertiary/aromatic N) is 1. The third-order valence-electron chi connectivity index (χ3n) is 3.66. The lowest BCUT2D eigenvalue weighted by molar-refractivity contribution is -0.0553. The average Bonchev–Trinajstić information content (AvgIpc) is 2.37. The number of benzene rings is 1. The van der Waals surface area contributed by atoms with Gasteiger partial charge in [-0.25, -0.2) is 0 Å². The van der Waals surface area contributed by atoms with E-state index in [1.54, 1.807) is 0 Å². The zero-order valence-electron chi connectivity index (χ0n) is 11.5. The Kier molecular flexibility index (Phi) is 3.15. The monoisotopic (exact) mass is 256 g/mol. The van der Waals surface area contributed by atoms with Gasteiger partial charge in [0, 0.05) is 18.0 Å². The van der Waals surface area contributed by atoms with Crippen LogP contribution in [0.3, 0.4) is 0 Å². The van der Waals surface area contributed by atoms with Crippen molar-refractivity contribution in [3.8, 4) is 0 Å². The molecule has 0 amide bonds. The van der Waals surface area contributed by atoms with Crippen molar-refractivity contribution in [2.24, 2.45) is 0 Å². The number of rotatable bonds is 2. The van der Waals surface area contributed by atoms with Crippen molar-refractivity contribution >= 4 is 16.6 Å². The van der Waals surface area contributed by atoms with Gasteiger partial charge in [0.15, 0.2) is 0 Å². The second-order valence-electron chi connectivity index (χ2n) is 5.86. The molecule has 1 aromatic heterocycles. The van der Waals surface area contributed by atoms with Crippen molar-refractivity contribution < 1.29 is 4.74 Å². The Morgan fingerprint density at radius 2 is 2.16 bits per heavy atom. The summed E-state index contributed by atoms with van der Waals surface area (Å²) in [4.78, 5) is 4.49. The number of hydrogen-bond acceptors (Lipinski definition) is 3. The zero-order valence-corrected chi connectivity index (χ0v) is 11.5. The quantitative estimate of drug-likeness (QED) is 0.891. The number of para-hydroxylation sites is 1. The largest absolute Gasteiger partial charge is 0.381 e. The van der Waals surface area contributed by atoms with Crippen molar-refractivity contribution in [1.82, 2.24) is 4.98 Å².